The minimum atomic E-state index is -5.66. The van der Waals surface area contributed by atoms with Crippen LogP contribution in [-0.4, -0.2) is 23.4 Å². The second-order valence-corrected chi connectivity index (χ2v) is 3.28. The molecule has 0 unspecified atom stereocenters. The summed E-state index contributed by atoms with van der Waals surface area (Å²) in [5, 5.41) is 8.50. The highest BCUT2D eigenvalue weighted by molar-refractivity contribution is 5.50. The van der Waals surface area contributed by atoms with Crippen LogP contribution in [0.1, 0.15) is 5.69 Å². The van der Waals surface area contributed by atoms with Crippen molar-refractivity contribution in [3.8, 4) is 11.9 Å². The van der Waals surface area contributed by atoms with Gasteiger partial charge in [0.15, 0.2) is 5.69 Å². The second-order valence-electron chi connectivity index (χ2n) is 3.28. The number of halogens is 6. The van der Waals surface area contributed by atoms with Gasteiger partial charge in [0.05, 0.1) is 5.69 Å². The van der Waals surface area contributed by atoms with Crippen LogP contribution in [0.5, 0.6) is 5.88 Å². The predicted octanol–water partition coefficient (Wildman–Crippen LogP) is 2.41. The van der Waals surface area contributed by atoms with Crippen molar-refractivity contribution in [3.63, 3.8) is 0 Å². The SMILES string of the molecule is N#Cc1nc(OC(C(F)(F)F)C(F)(F)F)ccc1N. The number of hydrogen-bond donors (Lipinski definition) is 1. The Morgan fingerprint density at radius 2 is 1.68 bits per heavy atom. The third-order valence-electron chi connectivity index (χ3n) is 1.84. The molecule has 0 spiro atoms. The Morgan fingerprint density at radius 3 is 2.11 bits per heavy atom. The zero-order chi connectivity index (χ0) is 14.8. The first-order valence-electron chi connectivity index (χ1n) is 4.52. The van der Waals surface area contributed by atoms with Crippen LogP contribution >= 0.6 is 0 Å². The molecule has 1 heterocycles. The molecule has 10 heteroatoms. The first-order chi connectivity index (χ1) is 8.55. The molecule has 104 valence electrons. The summed E-state index contributed by atoms with van der Waals surface area (Å²) in [4.78, 5) is 3.15. The molecule has 0 amide bonds. The van der Waals surface area contributed by atoms with E-state index in [1.165, 1.54) is 6.07 Å². The molecule has 0 aliphatic heterocycles. The summed E-state index contributed by atoms with van der Waals surface area (Å²) >= 11 is 0. The van der Waals surface area contributed by atoms with E-state index in [2.05, 4.69) is 9.72 Å². The molecular formula is C9H5F6N3O. The van der Waals surface area contributed by atoms with E-state index in [0.29, 0.717) is 6.07 Å². The summed E-state index contributed by atoms with van der Waals surface area (Å²) in [7, 11) is 0. The Morgan fingerprint density at radius 1 is 1.16 bits per heavy atom. The van der Waals surface area contributed by atoms with Crippen molar-refractivity contribution in [1.29, 1.82) is 5.26 Å². The highest BCUT2D eigenvalue weighted by Crippen LogP contribution is 2.36. The Kier molecular flexibility index (Phi) is 3.78. The van der Waals surface area contributed by atoms with E-state index in [0.717, 1.165) is 6.07 Å². The third-order valence-corrected chi connectivity index (χ3v) is 1.84. The molecule has 0 fully saturated rings. The van der Waals surface area contributed by atoms with Gasteiger partial charge in [-0.1, -0.05) is 0 Å². The van der Waals surface area contributed by atoms with E-state index < -0.39 is 30.0 Å². The smallest absolute Gasteiger partial charge is 0.434 e. The van der Waals surface area contributed by atoms with Gasteiger partial charge in [-0.2, -0.15) is 31.6 Å². The Bertz CT molecular complexity index is 490. The van der Waals surface area contributed by atoms with Crippen molar-refractivity contribution in [2.24, 2.45) is 0 Å². The molecule has 0 aromatic carbocycles. The maximum Gasteiger partial charge on any atom is 0.434 e. The zero-order valence-corrected chi connectivity index (χ0v) is 8.88. The van der Waals surface area contributed by atoms with Crippen molar-refractivity contribution in [2.45, 2.75) is 18.5 Å². The summed E-state index contributed by atoms with van der Waals surface area (Å²) in [5.74, 6) is -0.995. The highest BCUT2D eigenvalue weighted by Gasteiger charge is 2.59. The average molecular weight is 285 g/mol. The van der Waals surface area contributed by atoms with Crippen LogP contribution in [0.15, 0.2) is 12.1 Å². The lowest BCUT2D eigenvalue weighted by Crippen LogP contribution is -2.46. The fourth-order valence-electron chi connectivity index (χ4n) is 1.05. The van der Waals surface area contributed by atoms with Gasteiger partial charge >= 0.3 is 12.4 Å². The van der Waals surface area contributed by atoms with Crippen LogP contribution in [0.4, 0.5) is 32.0 Å². The van der Waals surface area contributed by atoms with Gasteiger partial charge in [-0.05, 0) is 6.07 Å². The van der Waals surface area contributed by atoms with Crippen LogP contribution in [0.25, 0.3) is 0 Å². The van der Waals surface area contributed by atoms with E-state index in [4.69, 9.17) is 11.0 Å². The number of nitrogens with two attached hydrogens (primary N) is 1. The molecule has 4 nitrogen and oxygen atoms in total. The Balaban J connectivity index is 3.09. The van der Waals surface area contributed by atoms with Crippen LogP contribution in [-0.2, 0) is 0 Å². The second kappa shape index (κ2) is 4.83. The van der Waals surface area contributed by atoms with Crippen molar-refractivity contribution in [2.75, 3.05) is 5.73 Å². The van der Waals surface area contributed by atoms with Crippen LogP contribution in [0, 0.1) is 11.3 Å². The number of aromatic nitrogens is 1. The minimum absolute atomic E-state index is 0.189. The molecule has 0 saturated heterocycles. The quantitative estimate of drug-likeness (QED) is 0.847. The molecule has 0 bridgehead atoms. The number of alkyl halides is 6. The summed E-state index contributed by atoms with van der Waals surface area (Å²) in [6, 6.07) is 3.04. The summed E-state index contributed by atoms with van der Waals surface area (Å²) in [6.45, 7) is 0. The van der Waals surface area contributed by atoms with Gasteiger partial charge in [0.1, 0.15) is 6.07 Å². The number of anilines is 1. The van der Waals surface area contributed by atoms with Crippen LogP contribution < -0.4 is 10.5 Å². The third kappa shape index (κ3) is 3.64. The Labute approximate surface area is 102 Å². The molecule has 19 heavy (non-hydrogen) atoms. The molecular weight excluding hydrogens is 280 g/mol. The van der Waals surface area contributed by atoms with Crippen LogP contribution in [0.3, 0.4) is 0 Å². The lowest BCUT2D eigenvalue weighted by Gasteiger charge is -2.23. The van der Waals surface area contributed by atoms with Gasteiger partial charge < -0.3 is 10.5 Å². The van der Waals surface area contributed by atoms with Gasteiger partial charge in [-0.15, -0.1) is 0 Å². The fourth-order valence-corrected chi connectivity index (χ4v) is 1.05. The van der Waals surface area contributed by atoms with Crippen molar-refractivity contribution in [3.05, 3.63) is 17.8 Å². The van der Waals surface area contributed by atoms with E-state index in [1.54, 1.807) is 0 Å². The number of nitrogen functional groups attached to an aromatic ring is 1. The highest BCUT2D eigenvalue weighted by atomic mass is 19.4. The molecule has 1 rings (SSSR count). The molecule has 0 aliphatic rings. The molecule has 1 aromatic rings. The first kappa shape index (κ1) is 14.9. The molecule has 0 atom stereocenters. The molecule has 0 radical (unpaired) electrons. The maximum atomic E-state index is 12.2. The predicted molar refractivity (Wildman–Crippen MR) is 49.9 cm³/mol. The standard InChI is InChI=1S/C9H5F6N3O/c10-8(11,12)7(9(13,14)15)19-6-2-1-4(17)5(3-16)18-6/h1-2,7H,17H2. The summed E-state index contributed by atoms with van der Waals surface area (Å²) < 4.78 is 77.0. The lowest BCUT2D eigenvalue weighted by atomic mass is 10.3. The number of ether oxygens (including phenoxy) is 1. The van der Waals surface area contributed by atoms with E-state index >= 15 is 0 Å². The summed E-state index contributed by atoms with van der Waals surface area (Å²) in [6.07, 6.45) is -15.3. The van der Waals surface area contributed by atoms with Gasteiger partial charge in [0.2, 0.25) is 5.88 Å². The van der Waals surface area contributed by atoms with Crippen molar-refractivity contribution in [1.82, 2.24) is 4.98 Å². The molecule has 1 aromatic heterocycles. The summed E-state index contributed by atoms with van der Waals surface area (Å²) in [5.41, 5.74) is 4.50. The largest absolute Gasteiger partial charge is 0.455 e. The number of rotatable bonds is 2. The van der Waals surface area contributed by atoms with Crippen molar-refractivity contribution < 1.29 is 31.1 Å². The van der Waals surface area contributed by atoms with E-state index in [1.807, 2.05) is 0 Å². The van der Waals surface area contributed by atoms with Gasteiger partial charge in [0.25, 0.3) is 6.10 Å². The number of nitriles is 1. The number of hydrogen-bond acceptors (Lipinski definition) is 4. The molecule has 0 aliphatic carbocycles. The molecule has 0 saturated carbocycles. The molecule has 2 N–H and O–H groups in total. The lowest BCUT2D eigenvalue weighted by molar-refractivity contribution is -0.300. The van der Waals surface area contributed by atoms with Crippen molar-refractivity contribution >= 4 is 5.69 Å². The topological polar surface area (TPSA) is 71.9 Å². The van der Waals surface area contributed by atoms with Gasteiger partial charge in [0, 0.05) is 6.07 Å². The average Bonchev–Trinajstić information content (AvgIpc) is 2.24. The monoisotopic (exact) mass is 285 g/mol. The number of pyridine rings is 1. The van der Waals surface area contributed by atoms with Gasteiger partial charge in [-0.25, -0.2) is 4.98 Å². The zero-order valence-electron chi connectivity index (χ0n) is 8.88. The van der Waals surface area contributed by atoms with Crippen LogP contribution in [0.2, 0.25) is 0 Å². The van der Waals surface area contributed by atoms with E-state index in [9.17, 15) is 26.3 Å². The normalized spacial score (nSPS) is 12.3. The first-order valence-corrected chi connectivity index (χ1v) is 4.52. The fraction of sp³-hybridized carbons (Fsp3) is 0.333. The van der Waals surface area contributed by atoms with E-state index in [-0.39, 0.29) is 5.69 Å². The maximum absolute atomic E-state index is 12.2. The van der Waals surface area contributed by atoms with Gasteiger partial charge in [-0.3, -0.25) is 0 Å². The number of nitrogens with zero attached hydrogens (tertiary/aromatic N) is 2. The Hall–Kier alpha value is -2.18. The minimum Gasteiger partial charge on any atom is -0.455 e.